The van der Waals surface area contributed by atoms with Crippen LogP contribution in [0.2, 0.25) is 0 Å². The van der Waals surface area contributed by atoms with Gasteiger partial charge in [0.2, 0.25) is 0 Å². The average Bonchev–Trinajstić information content (AvgIpc) is 2.64. The van der Waals surface area contributed by atoms with E-state index >= 15 is 0 Å². The fourth-order valence-corrected chi connectivity index (χ4v) is 2.87. The molecule has 1 saturated carbocycles. The van der Waals surface area contributed by atoms with Gasteiger partial charge in [-0.05, 0) is 6.42 Å². The molecule has 1 heterocycles. The maximum absolute atomic E-state index is 11.3. The summed E-state index contributed by atoms with van der Waals surface area (Å²) in [4.78, 5) is 22.0. The Kier molecular flexibility index (Phi) is 2.38. The van der Waals surface area contributed by atoms with Gasteiger partial charge in [0.25, 0.3) is 0 Å². The largest absolute Gasteiger partial charge is 0.469 e. The second-order valence-electron chi connectivity index (χ2n) is 3.43. The van der Waals surface area contributed by atoms with E-state index in [2.05, 4.69) is 26.0 Å². The van der Waals surface area contributed by atoms with E-state index in [1.807, 2.05) is 0 Å². The van der Waals surface area contributed by atoms with Crippen LogP contribution in [0.25, 0.3) is 0 Å². The number of alkyl carbamates (subject to hydrolysis) is 1. The molecule has 0 radical (unpaired) electrons. The maximum atomic E-state index is 11.3. The smallest absolute Gasteiger partial charge is 0.407 e. The van der Waals surface area contributed by atoms with Gasteiger partial charge in [0.15, 0.2) is 0 Å². The van der Waals surface area contributed by atoms with Crippen molar-refractivity contribution in [3.63, 3.8) is 0 Å². The number of alkyl halides is 1. The molecule has 0 aromatic rings. The molecule has 1 saturated heterocycles. The Hall–Kier alpha value is -0.780. The number of nitrogens with one attached hydrogen (secondary N) is 1. The minimum atomic E-state index is -0.409. The number of halogens is 1. The summed E-state index contributed by atoms with van der Waals surface area (Å²) in [5.74, 6) is -0.505. The van der Waals surface area contributed by atoms with Gasteiger partial charge in [0.1, 0.15) is 6.10 Å². The van der Waals surface area contributed by atoms with Gasteiger partial charge in [0.05, 0.1) is 23.9 Å². The molecule has 6 heteroatoms. The first-order chi connectivity index (χ1) is 6.63. The highest BCUT2D eigenvalue weighted by Gasteiger charge is 2.52. The molecule has 78 valence electrons. The number of amides is 1. The van der Waals surface area contributed by atoms with E-state index in [1.54, 1.807) is 0 Å². The first-order valence-electron chi connectivity index (χ1n) is 4.32. The standard InChI is InChI=1S/C8H10BrNO4/c1-13-7(11)3-2-4-6(5(3)9)14-8(12)10-4/h3-6H,2H2,1H3,(H,10,12)/t3-,4+,5+,6+/m1/s1. The van der Waals surface area contributed by atoms with Crippen LogP contribution in [0.15, 0.2) is 0 Å². The lowest BCUT2D eigenvalue weighted by Crippen LogP contribution is -2.29. The molecule has 5 nitrogen and oxygen atoms in total. The molecule has 2 fully saturated rings. The molecule has 1 amide bonds. The van der Waals surface area contributed by atoms with Crippen LogP contribution in [0.4, 0.5) is 4.79 Å². The highest BCUT2D eigenvalue weighted by atomic mass is 79.9. The minimum absolute atomic E-state index is 0.0732. The van der Waals surface area contributed by atoms with Crippen LogP contribution in [0, 0.1) is 5.92 Å². The van der Waals surface area contributed by atoms with Gasteiger partial charge < -0.3 is 14.8 Å². The van der Waals surface area contributed by atoms with E-state index in [4.69, 9.17) is 4.74 Å². The van der Waals surface area contributed by atoms with E-state index in [1.165, 1.54) is 7.11 Å². The lowest BCUT2D eigenvalue weighted by molar-refractivity contribution is -0.145. The van der Waals surface area contributed by atoms with Crippen molar-refractivity contribution in [3.05, 3.63) is 0 Å². The van der Waals surface area contributed by atoms with Crippen LogP contribution >= 0.6 is 15.9 Å². The zero-order valence-corrected chi connectivity index (χ0v) is 9.11. The maximum Gasteiger partial charge on any atom is 0.407 e. The monoisotopic (exact) mass is 263 g/mol. The van der Waals surface area contributed by atoms with Gasteiger partial charge >= 0.3 is 12.1 Å². The molecule has 2 rings (SSSR count). The van der Waals surface area contributed by atoms with Gasteiger partial charge in [0, 0.05) is 0 Å². The van der Waals surface area contributed by atoms with Crippen molar-refractivity contribution >= 4 is 28.0 Å². The summed E-state index contributed by atoms with van der Waals surface area (Å²) in [7, 11) is 1.36. The summed E-state index contributed by atoms with van der Waals surface area (Å²) in [6.07, 6.45) is -0.0988. The normalized spacial score (nSPS) is 40.0. The number of ether oxygens (including phenoxy) is 2. The Morgan fingerprint density at radius 3 is 3.00 bits per heavy atom. The zero-order valence-electron chi connectivity index (χ0n) is 7.53. The molecule has 0 aromatic carbocycles. The van der Waals surface area contributed by atoms with E-state index in [-0.39, 0.29) is 28.9 Å². The number of rotatable bonds is 1. The Morgan fingerprint density at radius 2 is 2.43 bits per heavy atom. The molecule has 0 spiro atoms. The van der Waals surface area contributed by atoms with Crippen molar-refractivity contribution in [1.82, 2.24) is 5.32 Å². The number of methoxy groups -OCH3 is 1. The molecule has 0 aromatic heterocycles. The number of hydrogen-bond acceptors (Lipinski definition) is 4. The molecule has 14 heavy (non-hydrogen) atoms. The summed E-state index contributed by atoms with van der Waals surface area (Å²) < 4.78 is 9.68. The Bertz CT molecular complexity index is 283. The van der Waals surface area contributed by atoms with Crippen LogP contribution in [-0.2, 0) is 14.3 Å². The number of esters is 1. The molecular weight excluding hydrogens is 254 g/mol. The lowest BCUT2D eigenvalue weighted by Gasteiger charge is -2.14. The van der Waals surface area contributed by atoms with Crippen LogP contribution in [-0.4, -0.2) is 36.1 Å². The van der Waals surface area contributed by atoms with E-state index in [9.17, 15) is 9.59 Å². The Labute approximate surface area is 89.2 Å². The predicted octanol–water partition coefficient (Wildman–Crippen LogP) is 0.420. The molecular formula is C8H10BrNO4. The Balaban J connectivity index is 2.09. The quantitative estimate of drug-likeness (QED) is 0.550. The van der Waals surface area contributed by atoms with Crippen molar-refractivity contribution in [3.8, 4) is 0 Å². The third-order valence-electron chi connectivity index (χ3n) is 2.65. The number of hydrogen-bond donors (Lipinski definition) is 1. The summed E-state index contributed by atoms with van der Waals surface area (Å²) in [5, 5.41) is 2.66. The third kappa shape index (κ3) is 1.37. The fourth-order valence-electron chi connectivity index (χ4n) is 1.96. The van der Waals surface area contributed by atoms with Crippen molar-refractivity contribution in [2.45, 2.75) is 23.4 Å². The van der Waals surface area contributed by atoms with Crippen LogP contribution in [0.5, 0.6) is 0 Å². The lowest BCUT2D eigenvalue weighted by atomic mass is 10.1. The zero-order chi connectivity index (χ0) is 10.3. The van der Waals surface area contributed by atoms with Gasteiger partial charge in [-0.3, -0.25) is 4.79 Å². The molecule has 4 atom stereocenters. The average molecular weight is 264 g/mol. The molecule has 1 N–H and O–H groups in total. The SMILES string of the molecule is COC(=O)[C@@H]1C[C@@H]2NC(=O)O[C@@H]2[C@H]1Br. The second kappa shape index (κ2) is 3.42. The first kappa shape index (κ1) is 9.76. The molecule has 1 aliphatic carbocycles. The van der Waals surface area contributed by atoms with Crippen molar-refractivity contribution in [2.75, 3.05) is 7.11 Å². The summed E-state index contributed by atoms with van der Waals surface area (Å²) in [6.45, 7) is 0. The Morgan fingerprint density at radius 1 is 1.71 bits per heavy atom. The summed E-state index contributed by atoms with van der Waals surface area (Å²) in [6, 6.07) is -0.0732. The van der Waals surface area contributed by atoms with Crippen molar-refractivity contribution in [1.29, 1.82) is 0 Å². The van der Waals surface area contributed by atoms with E-state index < -0.39 is 6.09 Å². The van der Waals surface area contributed by atoms with Gasteiger partial charge in [-0.15, -0.1) is 0 Å². The van der Waals surface area contributed by atoms with E-state index in [0.717, 1.165) is 0 Å². The predicted molar refractivity (Wildman–Crippen MR) is 50.0 cm³/mol. The van der Waals surface area contributed by atoms with Gasteiger partial charge in [-0.1, -0.05) is 15.9 Å². The first-order valence-corrected chi connectivity index (χ1v) is 5.24. The van der Waals surface area contributed by atoms with Crippen LogP contribution in [0.1, 0.15) is 6.42 Å². The number of fused-ring (bicyclic) bond motifs is 1. The van der Waals surface area contributed by atoms with Gasteiger partial charge in [-0.25, -0.2) is 4.79 Å². The van der Waals surface area contributed by atoms with E-state index in [0.29, 0.717) is 6.42 Å². The summed E-state index contributed by atoms with van der Waals surface area (Å²) in [5.41, 5.74) is 0. The molecule has 1 aliphatic heterocycles. The second-order valence-corrected chi connectivity index (χ2v) is 4.49. The number of carbonyl (C=O) groups is 2. The van der Waals surface area contributed by atoms with Crippen molar-refractivity contribution in [2.24, 2.45) is 5.92 Å². The highest BCUT2D eigenvalue weighted by molar-refractivity contribution is 9.09. The van der Waals surface area contributed by atoms with Gasteiger partial charge in [-0.2, -0.15) is 0 Å². The fraction of sp³-hybridized carbons (Fsp3) is 0.750. The highest BCUT2D eigenvalue weighted by Crippen LogP contribution is 2.37. The topological polar surface area (TPSA) is 64.6 Å². The van der Waals surface area contributed by atoms with Crippen LogP contribution < -0.4 is 5.32 Å². The number of carbonyl (C=O) groups excluding carboxylic acids is 2. The molecule has 0 unspecified atom stereocenters. The van der Waals surface area contributed by atoms with Crippen molar-refractivity contribution < 1.29 is 19.1 Å². The van der Waals surface area contributed by atoms with Crippen LogP contribution in [0.3, 0.4) is 0 Å². The summed E-state index contributed by atoms with van der Waals surface area (Å²) >= 11 is 3.36. The minimum Gasteiger partial charge on any atom is -0.469 e. The third-order valence-corrected chi connectivity index (χ3v) is 3.81. The molecule has 2 aliphatic rings. The molecule has 0 bridgehead atoms.